The monoisotopic (exact) mass is 586 g/mol. The minimum atomic E-state index is 0.864. The number of hydrogen-bond acceptors (Lipinski definition) is 2. The molecule has 2 heterocycles. The van der Waals surface area contributed by atoms with E-state index >= 15 is 0 Å². The fourth-order valence-electron chi connectivity index (χ4n) is 7.49. The quantitative estimate of drug-likeness (QED) is 0.193. The molecule has 0 amide bonds. The van der Waals surface area contributed by atoms with Crippen LogP contribution in [0.15, 0.2) is 167 Å². The van der Waals surface area contributed by atoms with Gasteiger partial charge in [0.1, 0.15) is 22.3 Å². The van der Waals surface area contributed by atoms with Crippen molar-refractivity contribution in [3.63, 3.8) is 0 Å². The van der Waals surface area contributed by atoms with Crippen molar-refractivity contribution in [2.75, 3.05) is 0 Å². The van der Waals surface area contributed by atoms with E-state index in [1.165, 1.54) is 49.4 Å². The van der Waals surface area contributed by atoms with Crippen LogP contribution in [-0.4, -0.2) is 0 Å². The zero-order chi connectivity index (χ0) is 30.2. The highest BCUT2D eigenvalue weighted by Crippen LogP contribution is 2.48. The first-order valence-corrected chi connectivity index (χ1v) is 15.7. The summed E-state index contributed by atoms with van der Waals surface area (Å²) in [4.78, 5) is 0. The van der Waals surface area contributed by atoms with Crippen molar-refractivity contribution in [1.82, 2.24) is 0 Å². The molecule has 0 aliphatic rings. The van der Waals surface area contributed by atoms with E-state index in [9.17, 15) is 0 Å². The van der Waals surface area contributed by atoms with Crippen molar-refractivity contribution in [1.29, 1.82) is 0 Å². The van der Waals surface area contributed by atoms with Crippen molar-refractivity contribution >= 4 is 65.4 Å². The van der Waals surface area contributed by atoms with Gasteiger partial charge < -0.3 is 8.83 Å². The lowest BCUT2D eigenvalue weighted by atomic mass is 9.83. The molecule has 8 aromatic carbocycles. The van der Waals surface area contributed by atoms with Crippen LogP contribution >= 0.6 is 0 Å². The Hall–Kier alpha value is -6.12. The van der Waals surface area contributed by atoms with Gasteiger partial charge in [-0.1, -0.05) is 140 Å². The maximum absolute atomic E-state index is 6.81. The van der Waals surface area contributed by atoms with Crippen molar-refractivity contribution < 1.29 is 8.83 Å². The molecule has 0 spiro atoms. The molecule has 0 radical (unpaired) electrons. The molecule has 2 aromatic heterocycles. The molecule has 10 rings (SSSR count). The second kappa shape index (κ2) is 9.69. The Kier molecular flexibility index (Phi) is 5.31. The fraction of sp³-hybridized carbons (Fsp3) is 0. The van der Waals surface area contributed by atoms with Gasteiger partial charge in [-0.05, 0) is 62.0 Å². The average Bonchev–Trinajstić information content (AvgIpc) is 3.67. The van der Waals surface area contributed by atoms with Gasteiger partial charge in [-0.25, -0.2) is 0 Å². The number of para-hydroxylation sites is 2. The highest BCUT2D eigenvalue weighted by Gasteiger charge is 2.22. The van der Waals surface area contributed by atoms with Gasteiger partial charge in [0.05, 0.1) is 0 Å². The lowest BCUT2D eigenvalue weighted by Gasteiger charge is -2.19. The van der Waals surface area contributed by atoms with E-state index in [-0.39, 0.29) is 0 Å². The van der Waals surface area contributed by atoms with Crippen LogP contribution in [0.5, 0.6) is 0 Å². The highest BCUT2D eigenvalue weighted by molar-refractivity contribution is 6.25. The second-order valence-electron chi connectivity index (χ2n) is 12.0. The molecule has 0 unspecified atom stereocenters. The zero-order valence-electron chi connectivity index (χ0n) is 24.8. The minimum Gasteiger partial charge on any atom is -0.456 e. The molecule has 0 aliphatic carbocycles. The van der Waals surface area contributed by atoms with Gasteiger partial charge >= 0.3 is 0 Å². The van der Waals surface area contributed by atoms with Crippen LogP contribution in [0, 0.1) is 0 Å². The van der Waals surface area contributed by atoms with E-state index in [0.29, 0.717) is 0 Å². The van der Waals surface area contributed by atoms with Gasteiger partial charge in [0, 0.05) is 32.7 Å². The molecule has 0 aliphatic heterocycles. The first-order chi connectivity index (χ1) is 22.8. The summed E-state index contributed by atoms with van der Waals surface area (Å²) in [6.07, 6.45) is 0. The van der Waals surface area contributed by atoms with Crippen LogP contribution < -0.4 is 0 Å². The first-order valence-electron chi connectivity index (χ1n) is 15.7. The van der Waals surface area contributed by atoms with Gasteiger partial charge in [-0.2, -0.15) is 0 Å². The van der Waals surface area contributed by atoms with Gasteiger partial charge in [-0.3, -0.25) is 0 Å². The summed E-state index contributed by atoms with van der Waals surface area (Å²) in [6.45, 7) is 0. The maximum Gasteiger partial charge on any atom is 0.143 e. The molecule has 0 N–H and O–H groups in total. The summed E-state index contributed by atoms with van der Waals surface area (Å²) in [6, 6.07) is 56.1. The van der Waals surface area contributed by atoms with Gasteiger partial charge in [0.2, 0.25) is 0 Å². The lowest BCUT2D eigenvalue weighted by Crippen LogP contribution is -1.92. The number of fused-ring (bicyclic) bond motifs is 8. The summed E-state index contributed by atoms with van der Waals surface area (Å²) in [7, 11) is 0. The van der Waals surface area contributed by atoms with Crippen LogP contribution in [0.3, 0.4) is 0 Å². The smallest absolute Gasteiger partial charge is 0.143 e. The Bertz CT molecular complexity index is 2740. The second-order valence-corrected chi connectivity index (χ2v) is 12.0. The fourth-order valence-corrected chi connectivity index (χ4v) is 7.49. The van der Waals surface area contributed by atoms with Crippen molar-refractivity contribution in [2.24, 2.45) is 0 Å². The normalized spacial score (nSPS) is 11.9. The summed E-state index contributed by atoms with van der Waals surface area (Å²) in [5.74, 6) is 0. The van der Waals surface area contributed by atoms with E-state index in [1.54, 1.807) is 0 Å². The average molecular weight is 587 g/mol. The standard InChI is InChI=1S/C44H26O2/c1-2-13-27(14-3-1)28-15-4-5-17-30(28)42-31-18-6-8-20-33(31)43(34-21-9-7-19-32(34)42)36-23-12-22-35-38-26-40-37(25-41(38)46-44(35)36)29-16-10-11-24-39(29)45-40/h1-26H. The van der Waals surface area contributed by atoms with Crippen LogP contribution in [0.4, 0.5) is 0 Å². The Morgan fingerprint density at radius 1 is 0.283 bits per heavy atom. The summed E-state index contributed by atoms with van der Waals surface area (Å²) in [5.41, 5.74) is 10.7. The van der Waals surface area contributed by atoms with Gasteiger partial charge in [0.15, 0.2) is 0 Å². The van der Waals surface area contributed by atoms with Crippen LogP contribution in [-0.2, 0) is 0 Å². The molecule has 0 atom stereocenters. The van der Waals surface area contributed by atoms with E-state index < -0.39 is 0 Å². The molecule has 0 fully saturated rings. The number of benzene rings is 8. The Balaban J connectivity index is 1.30. The van der Waals surface area contributed by atoms with Crippen LogP contribution in [0.2, 0.25) is 0 Å². The third-order valence-electron chi connectivity index (χ3n) is 9.48. The lowest BCUT2D eigenvalue weighted by molar-refractivity contribution is 0.664. The van der Waals surface area contributed by atoms with Crippen LogP contribution in [0.25, 0.3) is 98.8 Å². The highest BCUT2D eigenvalue weighted by atomic mass is 16.3. The predicted molar refractivity (Wildman–Crippen MR) is 192 cm³/mol. The van der Waals surface area contributed by atoms with Crippen molar-refractivity contribution in [3.8, 4) is 33.4 Å². The Morgan fingerprint density at radius 2 is 0.761 bits per heavy atom. The van der Waals surface area contributed by atoms with E-state index in [0.717, 1.165) is 49.4 Å². The van der Waals surface area contributed by atoms with Crippen molar-refractivity contribution in [2.45, 2.75) is 0 Å². The Morgan fingerprint density at radius 3 is 1.46 bits per heavy atom. The first kappa shape index (κ1) is 25.2. The molecule has 0 bridgehead atoms. The number of hydrogen-bond donors (Lipinski definition) is 0. The molecule has 214 valence electrons. The summed E-state index contributed by atoms with van der Waals surface area (Å²) >= 11 is 0. The third kappa shape index (κ3) is 3.59. The molecule has 0 saturated heterocycles. The van der Waals surface area contributed by atoms with Crippen LogP contribution in [0.1, 0.15) is 0 Å². The molecular weight excluding hydrogens is 560 g/mol. The topological polar surface area (TPSA) is 26.3 Å². The van der Waals surface area contributed by atoms with Crippen molar-refractivity contribution in [3.05, 3.63) is 158 Å². The van der Waals surface area contributed by atoms with Gasteiger partial charge in [-0.15, -0.1) is 0 Å². The largest absolute Gasteiger partial charge is 0.456 e. The van der Waals surface area contributed by atoms with E-state index in [4.69, 9.17) is 8.83 Å². The number of furan rings is 2. The summed E-state index contributed by atoms with van der Waals surface area (Å²) in [5, 5.41) is 9.16. The molecule has 0 saturated carbocycles. The molecule has 10 aromatic rings. The number of rotatable bonds is 3. The SMILES string of the molecule is c1ccc(-c2ccccc2-c2c3ccccc3c(-c3cccc4c3oc3cc5c(cc34)oc3ccccc35)c3ccccc23)cc1. The van der Waals surface area contributed by atoms with Gasteiger partial charge in [0.25, 0.3) is 0 Å². The minimum absolute atomic E-state index is 0.864. The summed E-state index contributed by atoms with van der Waals surface area (Å²) < 4.78 is 13.1. The molecular formula is C44H26O2. The molecule has 2 heteroatoms. The zero-order valence-corrected chi connectivity index (χ0v) is 24.8. The predicted octanol–water partition coefficient (Wildman–Crippen LogP) is 12.8. The van der Waals surface area contributed by atoms with E-state index in [2.05, 4.69) is 146 Å². The van der Waals surface area contributed by atoms with E-state index in [1.807, 2.05) is 12.1 Å². The Labute approximate surface area is 264 Å². The third-order valence-corrected chi connectivity index (χ3v) is 9.48. The molecule has 46 heavy (non-hydrogen) atoms. The maximum atomic E-state index is 6.81. The molecule has 2 nitrogen and oxygen atoms in total.